The zero-order chi connectivity index (χ0) is 13.8. The van der Waals surface area contributed by atoms with E-state index in [4.69, 9.17) is 0 Å². The maximum atomic E-state index is 12.4. The average molecular weight is 286 g/mol. The van der Waals surface area contributed by atoms with Crippen LogP contribution in [0.5, 0.6) is 0 Å². The number of carbonyl (C=O) groups is 1. The lowest BCUT2D eigenvalue weighted by atomic mass is 9.95. The van der Waals surface area contributed by atoms with Gasteiger partial charge in [-0.05, 0) is 18.4 Å². The second-order valence-corrected chi connectivity index (χ2v) is 6.06. The topological polar surface area (TPSA) is 42.0 Å². The number of thiazole rings is 1. The first kappa shape index (κ1) is 13.3. The Hall–Kier alpha value is -1.68. The molecule has 1 fully saturated rings. The summed E-state index contributed by atoms with van der Waals surface area (Å²) in [5.41, 5.74) is 3.37. The molecule has 0 saturated heterocycles. The fourth-order valence-corrected chi connectivity index (χ4v) is 3.50. The van der Waals surface area contributed by atoms with Gasteiger partial charge in [0, 0.05) is 6.04 Å². The molecule has 4 heteroatoms. The lowest BCUT2D eigenvalue weighted by Gasteiger charge is -2.22. The van der Waals surface area contributed by atoms with Gasteiger partial charge in [-0.25, -0.2) is 4.98 Å². The van der Waals surface area contributed by atoms with Gasteiger partial charge < -0.3 is 5.32 Å². The summed E-state index contributed by atoms with van der Waals surface area (Å²) in [6, 6.07) is 10.3. The molecule has 0 radical (unpaired) electrons. The van der Waals surface area contributed by atoms with E-state index in [1.54, 1.807) is 5.51 Å². The molecule has 1 aliphatic carbocycles. The fraction of sp³-hybridized carbons (Fsp3) is 0.375. The Labute approximate surface area is 123 Å². The lowest BCUT2D eigenvalue weighted by Crippen LogP contribution is -2.36. The van der Waals surface area contributed by atoms with Crippen molar-refractivity contribution in [3.05, 3.63) is 41.5 Å². The molecule has 3 rings (SSSR count). The smallest absolute Gasteiger partial charge is 0.271 e. The van der Waals surface area contributed by atoms with Gasteiger partial charge in [-0.1, -0.05) is 49.6 Å². The zero-order valence-corrected chi connectivity index (χ0v) is 12.2. The molecular weight excluding hydrogens is 268 g/mol. The number of benzene rings is 1. The van der Waals surface area contributed by atoms with Gasteiger partial charge in [0.25, 0.3) is 5.91 Å². The number of carbonyl (C=O) groups excluding carboxylic acids is 1. The molecule has 1 aromatic heterocycles. The van der Waals surface area contributed by atoms with Crippen LogP contribution in [-0.2, 0) is 0 Å². The van der Waals surface area contributed by atoms with Gasteiger partial charge in [-0.3, -0.25) is 4.79 Å². The third kappa shape index (κ3) is 2.90. The van der Waals surface area contributed by atoms with Crippen molar-refractivity contribution in [2.24, 2.45) is 0 Å². The Morgan fingerprint density at radius 1 is 1.15 bits per heavy atom. The Morgan fingerprint density at radius 3 is 2.65 bits per heavy atom. The maximum Gasteiger partial charge on any atom is 0.271 e. The number of nitrogens with zero attached hydrogens (tertiary/aromatic N) is 1. The molecule has 0 atom stereocenters. The van der Waals surface area contributed by atoms with Gasteiger partial charge in [0.15, 0.2) is 0 Å². The van der Waals surface area contributed by atoms with Crippen LogP contribution in [0, 0.1) is 0 Å². The number of hydrogen-bond donors (Lipinski definition) is 1. The monoisotopic (exact) mass is 286 g/mol. The molecule has 1 saturated carbocycles. The molecule has 0 aliphatic heterocycles. The second-order valence-electron chi connectivity index (χ2n) is 5.20. The minimum atomic E-state index is -0.0306. The van der Waals surface area contributed by atoms with Crippen LogP contribution in [0.1, 0.15) is 42.6 Å². The van der Waals surface area contributed by atoms with Crippen LogP contribution < -0.4 is 5.32 Å². The Kier molecular flexibility index (Phi) is 4.11. The third-order valence-electron chi connectivity index (χ3n) is 3.76. The summed E-state index contributed by atoms with van der Waals surface area (Å²) in [5, 5.41) is 3.14. The van der Waals surface area contributed by atoms with Crippen molar-refractivity contribution in [1.82, 2.24) is 10.3 Å². The summed E-state index contributed by atoms with van der Waals surface area (Å²) in [7, 11) is 0. The Morgan fingerprint density at radius 2 is 1.90 bits per heavy atom. The molecule has 0 spiro atoms. The van der Waals surface area contributed by atoms with E-state index in [1.165, 1.54) is 30.6 Å². The normalized spacial score (nSPS) is 16.0. The number of amides is 1. The first-order valence-corrected chi connectivity index (χ1v) is 8.02. The summed E-state index contributed by atoms with van der Waals surface area (Å²) in [4.78, 5) is 17.6. The first-order chi connectivity index (χ1) is 9.84. The van der Waals surface area contributed by atoms with Gasteiger partial charge in [-0.15, -0.1) is 11.3 Å². The lowest BCUT2D eigenvalue weighted by molar-refractivity contribution is 0.0924. The molecule has 1 aliphatic rings. The summed E-state index contributed by atoms with van der Waals surface area (Å²) in [6.45, 7) is 0. The minimum absolute atomic E-state index is 0.0306. The summed E-state index contributed by atoms with van der Waals surface area (Å²) in [5.74, 6) is -0.0306. The van der Waals surface area contributed by atoms with E-state index in [0.717, 1.165) is 23.3 Å². The van der Waals surface area contributed by atoms with Crippen molar-refractivity contribution in [3.8, 4) is 10.4 Å². The predicted molar refractivity (Wildman–Crippen MR) is 81.9 cm³/mol. The molecule has 0 bridgehead atoms. The highest BCUT2D eigenvalue weighted by Crippen LogP contribution is 2.27. The van der Waals surface area contributed by atoms with E-state index >= 15 is 0 Å². The van der Waals surface area contributed by atoms with Crippen molar-refractivity contribution < 1.29 is 4.79 Å². The number of nitrogens with one attached hydrogen (secondary N) is 1. The number of aromatic nitrogens is 1. The van der Waals surface area contributed by atoms with Crippen molar-refractivity contribution in [1.29, 1.82) is 0 Å². The molecule has 20 heavy (non-hydrogen) atoms. The van der Waals surface area contributed by atoms with E-state index in [0.29, 0.717) is 11.7 Å². The van der Waals surface area contributed by atoms with Crippen LogP contribution in [0.15, 0.2) is 35.8 Å². The van der Waals surface area contributed by atoms with Crippen LogP contribution in [0.4, 0.5) is 0 Å². The number of rotatable bonds is 3. The maximum absolute atomic E-state index is 12.4. The van der Waals surface area contributed by atoms with Crippen LogP contribution >= 0.6 is 11.3 Å². The van der Waals surface area contributed by atoms with Gasteiger partial charge in [0.05, 0.1) is 10.4 Å². The van der Waals surface area contributed by atoms with Gasteiger partial charge in [0.2, 0.25) is 0 Å². The molecule has 3 nitrogen and oxygen atoms in total. The molecule has 2 aromatic rings. The van der Waals surface area contributed by atoms with E-state index in [1.807, 2.05) is 30.3 Å². The van der Waals surface area contributed by atoms with Crippen molar-refractivity contribution >= 4 is 17.2 Å². The van der Waals surface area contributed by atoms with Crippen LogP contribution in [-0.4, -0.2) is 16.9 Å². The molecule has 1 N–H and O–H groups in total. The van der Waals surface area contributed by atoms with E-state index in [9.17, 15) is 4.79 Å². The number of hydrogen-bond acceptors (Lipinski definition) is 3. The second kappa shape index (κ2) is 6.18. The van der Waals surface area contributed by atoms with E-state index < -0.39 is 0 Å². The fourth-order valence-electron chi connectivity index (χ4n) is 2.70. The third-order valence-corrected chi connectivity index (χ3v) is 4.63. The summed E-state index contributed by atoms with van der Waals surface area (Å²) in [6.07, 6.45) is 5.91. The Bertz CT molecular complexity index is 573. The van der Waals surface area contributed by atoms with Crippen molar-refractivity contribution in [2.45, 2.75) is 38.1 Å². The molecule has 104 valence electrons. The van der Waals surface area contributed by atoms with Gasteiger partial charge in [-0.2, -0.15) is 0 Å². The minimum Gasteiger partial charge on any atom is -0.348 e. The summed E-state index contributed by atoms with van der Waals surface area (Å²) >= 11 is 1.52. The van der Waals surface area contributed by atoms with E-state index in [2.05, 4.69) is 10.3 Å². The molecule has 0 unspecified atom stereocenters. The molecule has 1 amide bonds. The van der Waals surface area contributed by atoms with Crippen LogP contribution in [0.25, 0.3) is 10.4 Å². The molecule has 1 aromatic carbocycles. The highest BCUT2D eigenvalue weighted by atomic mass is 32.1. The Balaban J connectivity index is 1.77. The van der Waals surface area contributed by atoms with Gasteiger partial charge >= 0.3 is 0 Å². The van der Waals surface area contributed by atoms with Gasteiger partial charge in [0.1, 0.15) is 5.69 Å². The highest BCUT2D eigenvalue weighted by molar-refractivity contribution is 7.13. The van der Waals surface area contributed by atoms with E-state index in [-0.39, 0.29) is 5.91 Å². The largest absolute Gasteiger partial charge is 0.348 e. The van der Waals surface area contributed by atoms with Crippen molar-refractivity contribution in [3.63, 3.8) is 0 Å². The quantitative estimate of drug-likeness (QED) is 0.930. The average Bonchev–Trinajstić information content (AvgIpc) is 2.99. The van der Waals surface area contributed by atoms with Crippen molar-refractivity contribution in [2.75, 3.05) is 0 Å². The molecule has 1 heterocycles. The SMILES string of the molecule is O=C(NC1CCCCC1)c1ncsc1-c1ccccc1. The zero-order valence-electron chi connectivity index (χ0n) is 11.3. The summed E-state index contributed by atoms with van der Waals surface area (Å²) < 4.78 is 0. The standard InChI is InChI=1S/C16H18N2OS/c19-16(18-13-9-5-2-6-10-13)14-15(20-11-17-14)12-7-3-1-4-8-12/h1,3-4,7-8,11,13H,2,5-6,9-10H2,(H,18,19). The predicted octanol–water partition coefficient (Wildman–Crippen LogP) is 3.87. The van der Waals surface area contributed by atoms with Crippen LogP contribution in [0.3, 0.4) is 0 Å². The molecular formula is C16H18N2OS. The first-order valence-electron chi connectivity index (χ1n) is 7.14. The highest BCUT2D eigenvalue weighted by Gasteiger charge is 2.20. The van der Waals surface area contributed by atoms with Crippen LogP contribution in [0.2, 0.25) is 0 Å².